The number of nitrogens with zero attached hydrogens (tertiary/aromatic N) is 2. The molecular formula is C25H24ClN3O3. The molecule has 164 valence electrons. The summed E-state index contributed by atoms with van der Waals surface area (Å²) in [6.07, 6.45) is 0. The van der Waals surface area contributed by atoms with Crippen molar-refractivity contribution in [2.75, 3.05) is 26.9 Å². The number of rotatable bonds is 8. The van der Waals surface area contributed by atoms with Crippen molar-refractivity contribution >= 4 is 23.5 Å². The highest BCUT2D eigenvalue weighted by Crippen LogP contribution is 2.35. The number of urea groups is 1. The summed E-state index contributed by atoms with van der Waals surface area (Å²) < 4.78 is 5.73. The van der Waals surface area contributed by atoms with Crippen molar-refractivity contribution < 1.29 is 14.3 Å². The molecule has 1 heterocycles. The minimum atomic E-state index is -1.25. The van der Waals surface area contributed by atoms with E-state index in [9.17, 15) is 9.59 Å². The molecule has 0 spiro atoms. The van der Waals surface area contributed by atoms with Crippen molar-refractivity contribution in [1.29, 1.82) is 0 Å². The maximum absolute atomic E-state index is 13.7. The molecule has 0 radical (unpaired) electrons. The van der Waals surface area contributed by atoms with Gasteiger partial charge in [0.1, 0.15) is 12.4 Å². The lowest BCUT2D eigenvalue weighted by Crippen LogP contribution is -2.46. The van der Waals surface area contributed by atoms with E-state index in [1.165, 1.54) is 4.90 Å². The van der Waals surface area contributed by atoms with E-state index >= 15 is 0 Å². The molecule has 1 fully saturated rings. The molecule has 0 aliphatic carbocycles. The van der Waals surface area contributed by atoms with E-state index in [2.05, 4.69) is 5.32 Å². The average molecular weight is 450 g/mol. The summed E-state index contributed by atoms with van der Waals surface area (Å²) in [5.41, 5.74) is 0.196. The van der Waals surface area contributed by atoms with Gasteiger partial charge in [0.15, 0.2) is 5.54 Å². The van der Waals surface area contributed by atoms with Crippen LogP contribution in [0.25, 0.3) is 0 Å². The van der Waals surface area contributed by atoms with Gasteiger partial charge in [0.05, 0.1) is 6.67 Å². The SMILES string of the molecule is CN(CCOc1ccc(Cl)cc1)CN1C(=O)NC(c2ccccc2)(c2ccccc2)C1=O. The molecule has 1 N–H and O–H groups in total. The number of benzene rings is 3. The number of halogens is 1. The molecule has 1 aliphatic rings. The second-order valence-corrected chi connectivity index (χ2v) is 8.11. The summed E-state index contributed by atoms with van der Waals surface area (Å²) in [7, 11) is 1.84. The Morgan fingerprint density at radius 3 is 2.03 bits per heavy atom. The van der Waals surface area contributed by atoms with Crippen LogP contribution >= 0.6 is 11.6 Å². The van der Waals surface area contributed by atoms with Crippen LogP contribution in [-0.2, 0) is 10.3 Å². The Morgan fingerprint density at radius 1 is 0.906 bits per heavy atom. The lowest BCUT2D eigenvalue weighted by Gasteiger charge is -2.28. The number of carbonyl (C=O) groups excluding carboxylic acids is 2. The number of hydrogen-bond acceptors (Lipinski definition) is 4. The Bertz CT molecular complexity index is 1040. The summed E-state index contributed by atoms with van der Waals surface area (Å²) in [5.74, 6) is 0.412. The van der Waals surface area contributed by atoms with E-state index in [-0.39, 0.29) is 12.6 Å². The molecule has 4 rings (SSSR count). The van der Waals surface area contributed by atoms with Crippen LogP contribution in [0.2, 0.25) is 5.02 Å². The van der Waals surface area contributed by atoms with Crippen LogP contribution in [0.15, 0.2) is 84.9 Å². The van der Waals surface area contributed by atoms with Gasteiger partial charge in [-0.05, 0) is 42.4 Å². The largest absolute Gasteiger partial charge is 0.492 e. The molecule has 0 bridgehead atoms. The first kappa shape index (κ1) is 21.9. The molecule has 6 nitrogen and oxygen atoms in total. The zero-order valence-electron chi connectivity index (χ0n) is 17.7. The summed E-state index contributed by atoms with van der Waals surface area (Å²) in [6, 6.07) is 25.4. The third-order valence-electron chi connectivity index (χ3n) is 5.46. The molecule has 0 aromatic heterocycles. The van der Waals surface area contributed by atoms with Crippen molar-refractivity contribution in [1.82, 2.24) is 15.1 Å². The highest BCUT2D eigenvalue weighted by Gasteiger charge is 2.53. The van der Waals surface area contributed by atoms with Crippen LogP contribution in [0, 0.1) is 0 Å². The standard InChI is InChI=1S/C25H24ClN3O3/c1-28(16-17-32-22-14-12-21(26)13-15-22)18-29-23(30)25(27-24(29)31,19-8-4-2-5-9-19)20-10-6-3-7-11-20/h2-15H,16-18H2,1H3,(H,27,31). The first-order valence-corrected chi connectivity index (χ1v) is 10.7. The second kappa shape index (κ2) is 9.42. The van der Waals surface area contributed by atoms with E-state index in [1.807, 2.05) is 72.6 Å². The summed E-state index contributed by atoms with van der Waals surface area (Å²) in [5, 5.41) is 3.61. The van der Waals surface area contributed by atoms with Gasteiger partial charge in [-0.25, -0.2) is 9.69 Å². The average Bonchev–Trinajstić information content (AvgIpc) is 3.07. The molecule has 0 atom stereocenters. The fourth-order valence-electron chi connectivity index (χ4n) is 3.80. The molecule has 3 aromatic carbocycles. The Balaban J connectivity index is 1.48. The normalized spacial score (nSPS) is 15.2. The molecule has 0 unspecified atom stereocenters. The van der Waals surface area contributed by atoms with Crippen molar-refractivity contribution in [2.45, 2.75) is 5.54 Å². The molecule has 7 heteroatoms. The van der Waals surface area contributed by atoms with E-state index in [4.69, 9.17) is 16.3 Å². The number of ether oxygens (including phenoxy) is 1. The highest BCUT2D eigenvalue weighted by atomic mass is 35.5. The number of nitrogens with one attached hydrogen (secondary N) is 1. The van der Waals surface area contributed by atoms with Gasteiger partial charge in [-0.1, -0.05) is 72.3 Å². The van der Waals surface area contributed by atoms with Crippen LogP contribution in [0.4, 0.5) is 4.79 Å². The monoisotopic (exact) mass is 449 g/mol. The number of carbonyl (C=O) groups is 2. The summed E-state index contributed by atoms with van der Waals surface area (Å²) in [4.78, 5) is 29.7. The predicted molar refractivity (Wildman–Crippen MR) is 123 cm³/mol. The Labute approximate surface area is 192 Å². The van der Waals surface area contributed by atoms with Crippen molar-refractivity contribution in [2.24, 2.45) is 0 Å². The lowest BCUT2D eigenvalue weighted by atomic mass is 9.83. The first-order chi connectivity index (χ1) is 15.5. The molecule has 32 heavy (non-hydrogen) atoms. The van der Waals surface area contributed by atoms with Gasteiger partial charge in [0, 0.05) is 11.6 Å². The lowest BCUT2D eigenvalue weighted by molar-refractivity contribution is -0.131. The fourth-order valence-corrected chi connectivity index (χ4v) is 3.93. The summed E-state index contributed by atoms with van der Waals surface area (Å²) >= 11 is 5.89. The minimum Gasteiger partial charge on any atom is -0.492 e. The van der Waals surface area contributed by atoms with Gasteiger partial charge < -0.3 is 10.1 Å². The van der Waals surface area contributed by atoms with Crippen molar-refractivity contribution in [3.8, 4) is 5.75 Å². The van der Waals surface area contributed by atoms with Gasteiger partial charge in [-0.15, -0.1) is 0 Å². The smallest absolute Gasteiger partial charge is 0.326 e. The fraction of sp³-hybridized carbons (Fsp3) is 0.200. The minimum absolute atomic E-state index is 0.149. The highest BCUT2D eigenvalue weighted by molar-refractivity contribution is 6.30. The first-order valence-electron chi connectivity index (χ1n) is 10.3. The summed E-state index contributed by atoms with van der Waals surface area (Å²) in [6.45, 7) is 1.09. The maximum Gasteiger partial charge on any atom is 0.326 e. The second-order valence-electron chi connectivity index (χ2n) is 7.67. The van der Waals surface area contributed by atoms with Crippen LogP contribution in [0.1, 0.15) is 11.1 Å². The van der Waals surface area contributed by atoms with E-state index < -0.39 is 11.6 Å². The topological polar surface area (TPSA) is 61.9 Å². The van der Waals surface area contributed by atoms with Crippen molar-refractivity contribution in [3.63, 3.8) is 0 Å². The molecular weight excluding hydrogens is 426 g/mol. The number of imide groups is 1. The molecule has 0 saturated carbocycles. The van der Waals surface area contributed by atoms with Crippen LogP contribution < -0.4 is 10.1 Å². The third-order valence-corrected chi connectivity index (χ3v) is 5.71. The van der Waals surface area contributed by atoms with Crippen molar-refractivity contribution in [3.05, 3.63) is 101 Å². The number of hydrogen-bond donors (Lipinski definition) is 1. The van der Waals surface area contributed by atoms with E-state index in [0.717, 1.165) is 11.1 Å². The Kier molecular flexibility index (Phi) is 6.44. The number of likely N-dealkylation sites (N-methyl/N-ethyl adjacent to an activating group) is 1. The zero-order valence-corrected chi connectivity index (χ0v) is 18.5. The van der Waals surface area contributed by atoms with Crippen LogP contribution in [-0.4, -0.2) is 48.6 Å². The maximum atomic E-state index is 13.7. The van der Waals surface area contributed by atoms with Crippen LogP contribution in [0.5, 0.6) is 5.75 Å². The van der Waals surface area contributed by atoms with Gasteiger partial charge >= 0.3 is 6.03 Å². The number of amides is 3. The van der Waals surface area contributed by atoms with Crippen LogP contribution in [0.3, 0.4) is 0 Å². The van der Waals surface area contributed by atoms with Gasteiger partial charge in [0.25, 0.3) is 5.91 Å². The predicted octanol–water partition coefficient (Wildman–Crippen LogP) is 4.10. The molecule has 1 saturated heterocycles. The molecule has 1 aliphatic heterocycles. The zero-order chi connectivity index (χ0) is 22.6. The molecule has 3 aromatic rings. The van der Waals surface area contributed by atoms with Gasteiger partial charge in [0.2, 0.25) is 0 Å². The Morgan fingerprint density at radius 2 is 1.47 bits per heavy atom. The quantitative estimate of drug-likeness (QED) is 0.526. The van der Waals surface area contributed by atoms with E-state index in [0.29, 0.717) is 23.9 Å². The third kappa shape index (κ3) is 4.33. The molecule has 3 amide bonds. The van der Waals surface area contributed by atoms with Gasteiger partial charge in [-0.2, -0.15) is 0 Å². The Hall–Kier alpha value is -3.35. The van der Waals surface area contributed by atoms with Gasteiger partial charge in [-0.3, -0.25) is 9.69 Å². The van der Waals surface area contributed by atoms with E-state index in [1.54, 1.807) is 24.3 Å².